The fraction of sp³-hybridized carbons (Fsp3) is 0.714. The molecule has 1 amide bonds. The molecule has 0 unspecified atom stereocenters. The maximum Gasteiger partial charge on any atom is 0.231 e. The van der Waals surface area contributed by atoms with E-state index in [4.69, 9.17) is 10.7 Å². The first-order valence-corrected chi connectivity index (χ1v) is 7.37. The van der Waals surface area contributed by atoms with Crippen LogP contribution in [0.25, 0.3) is 0 Å². The summed E-state index contributed by atoms with van der Waals surface area (Å²) in [4.78, 5) is 18.3. The molecule has 1 saturated carbocycles. The number of nitrogens with zero attached hydrogens (tertiary/aromatic N) is 1. The van der Waals surface area contributed by atoms with Gasteiger partial charge >= 0.3 is 0 Å². The highest BCUT2D eigenvalue weighted by atomic mass is 32.1. The number of hydrogen-bond acceptors (Lipinski definition) is 3. The first kappa shape index (κ1) is 12.2. The molecule has 0 aromatic carbocycles. The monoisotopic (exact) mass is 264 g/mol. The van der Waals surface area contributed by atoms with Crippen molar-refractivity contribution in [2.24, 2.45) is 16.6 Å². The Hall–Kier alpha value is -0.900. The molecule has 0 radical (unpaired) electrons. The molecule has 2 aliphatic rings. The van der Waals surface area contributed by atoms with Crippen molar-refractivity contribution in [3.63, 3.8) is 0 Å². The van der Waals surface area contributed by atoms with Gasteiger partial charge in [0.1, 0.15) is 10.4 Å². The molecule has 98 valence electrons. The molecule has 2 N–H and O–H groups in total. The van der Waals surface area contributed by atoms with Crippen LogP contribution in [0.5, 0.6) is 0 Å². The normalized spacial score (nSPS) is 25.8. The van der Waals surface area contributed by atoms with Crippen molar-refractivity contribution in [2.45, 2.75) is 52.4 Å². The van der Waals surface area contributed by atoms with Gasteiger partial charge in [0.25, 0.3) is 0 Å². The maximum absolute atomic E-state index is 12.1. The van der Waals surface area contributed by atoms with Crippen LogP contribution in [0.3, 0.4) is 0 Å². The van der Waals surface area contributed by atoms with Gasteiger partial charge in [0.15, 0.2) is 0 Å². The predicted octanol–water partition coefficient (Wildman–Crippen LogP) is 2.42. The Kier molecular flexibility index (Phi) is 2.13. The zero-order valence-corrected chi connectivity index (χ0v) is 12.3. The van der Waals surface area contributed by atoms with Gasteiger partial charge < -0.3 is 5.73 Å². The van der Waals surface area contributed by atoms with E-state index in [0.717, 1.165) is 17.8 Å². The molecule has 2 aliphatic carbocycles. The lowest BCUT2D eigenvalue weighted by Crippen LogP contribution is -2.34. The van der Waals surface area contributed by atoms with E-state index < -0.39 is 5.41 Å². The van der Waals surface area contributed by atoms with Crippen molar-refractivity contribution in [1.29, 1.82) is 0 Å². The van der Waals surface area contributed by atoms with Crippen molar-refractivity contribution in [3.05, 3.63) is 15.6 Å². The molecule has 1 aromatic rings. The average molecular weight is 264 g/mol. The number of nitrogens with two attached hydrogens (primary N) is 1. The van der Waals surface area contributed by atoms with Crippen LogP contribution in [0.2, 0.25) is 0 Å². The fourth-order valence-corrected chi connectivity index (χ4v) is 5.58. The van der Waals surface area contributed by atoms with Gasteiger partial charge in [-0.2, -0.15) is 0 Å². The van der Waals surface area contributed by atoms with E-state index in [1.807, 2.05) is 0 Å². The third-order valence-corrected chi connectivity index (χ3v) is 6.94. The van der Waals surface area contributed by atoms with Crippen molar-refractivity contribution in [2.75, 3.05) is 0 Å². The second kappa shape index (κ2) is 3.16. The Balaban J connectivity index is 2.16. The van der Waals surface area contributed by atoms with Gasteiger partial charge in [0.2, 0.25) is 5.91 Å². The van der Waals surface area contributed by atoms with Crippen LogP contribution in [-0.2, 0) is 23.1 Å². The zero-order chi connectivity index (χ0) is 13.3. The van der Waals surface area contributed by atoms with E-state index in [0.29, 0.717) is 0 Å². The maximum atomic E-state index is 12.1. The fourth-order valence-electron chi connectivity index (χ4n) is 3.92. The highest BCUT2D eigenvalue weighted by Crippen LogP contribution is 2.78. The highest BCUT2D eigenvalue weighted by molar-refractivity contribution is 7.12. The van der Waals surface area contributed by atoms with Gasteiger partial charge in [-0.15, -0.1) is 11.3 Å². The van der Waals surface area contributed by atoms with E-state index in [9.17, 15) is 4.79 Å². The topological polar surface area (TPSA) is 56.0 Å². The molecule has 1 heterocycles. The predicted molar refractivity (Wildman–Crippen MR) is 72.6 cm³/mol. The molecule has 3 nitrogen and oxygen atoms in total. The average Bonchev–Trinajstić information content (AvgIpc) is 2.65. The summed E-state index contributed by atoms with van der Waals surface area (Å²) in [5.41, 5.74) is 6.16. The van der Waals surface area contributed by atoms with Crippen molar-refractivity contribution in [1.82, 2.24) is 4.98 Å². The Labute approximate surface area is 112 Å². The van der Waals surface area contributed by atoms with E-state index >= 15 is 0 Å². The standard InChI is InChI=1S/C14H20N2OS/c1-12(2)13(3,4)14(12,10(15)17)11-16-8-6-5-7-9(8)18-11/h5-7H2,1-4H3,(H2,15,17). The van der Waals surface area contributed by atoms with Crippen LogP contribution in [0.1, 0.15) is 49.7 Å². The van der Waals surface area contributed by atoms with Crippen LogP contribution in [0.4, 0.5) is 0 Å². The minimum absolute atomic E-state index is 0.114. The molecule has 0 aliphatic heterocycles. The minimum Gasteiger partial charge on any atom is -0.369 e. The first-order valence-electron chi connectivity index (χ1n) is 6.56. The quantitative estimate of drug-likeness (QED) is 0.892. The number of aryl methyl sites for hydroxylation is 2. The molecule has 0 spiro atoms. The lowest BCUT2D eigenvalue weighted by molar-refractivity contribution is -0.121. The summed E-state index contributed by atoms with van der Waals surface area (Å²) in [7, 11) is 0. The number of hydrogen-bond donors (Lipinski definition) is 1. The number of carbonyl (C=O) groups is 1. The van der Waals surface area contributed by atoms with E-state index in [1.54, 1.807) is 11.3 Å². The third kappa shape index (κ3) is 1.03. The molecule has 0 atom stereocenters. The number of fused-ring (bicyclic) bond motifs is 1. The highest BCUT2D eigenvalue weighted by Gasteiger charge is 2.82. The van der Waals surface area contributed by atoms with E-state index in [-0.39, 0.29) is 16.7 Å². The summed E-state index contributed by atoms with van der Waals surface area (Å²) in [6.07, 6.45) is 3.37. The zero-order valence-electron chi connectivity index (χ0n) is 11.5. The third-order valence-electron chi connectivity index (χ3n) is 5.66. The molecule has 18 heavy (non-hydrogen) atoms. The summed E-state index contributed by atoms with van der Waals surface area (Å²) in [6.45, 7) is 8.52. The SMILES string of the molecule is CC1(C)C(C)(C)C1(C(N)=O)c1nc2c(s1)CCC2. The summed E-state index contributed by atoms with van der Waals surface area (Å²) >= 11 is 1.71. The summed E-state index contributed by atoms with van der Waals surface area (Å²) in [5.74, 6) is -0.218. The van der Waals surface area contributed by atoms with Crippen LogP contribution in [-0.4, -0.2) is 10.9 Å². The lowest BCUT2D eigenvalue weighted by atomic mass is 9.94. The number of thiazole rings is 1. The number of amides is 1. The second-order valence-corrected chi connectivity index (χ2v) is 7.69. The van der Waals surface area contributed by atoms with Crippen molar-refractivity contribution >= 4 is 17.2 Å². The van der Waals surface area contributed by atoms with Gasteiger partial charge in [-0.25, -0.2) is 4.98 Å². The Morgan fingerprint density at radius 3 is 2.28 bits per heavy atom. The Morgan fingerprint density at radius 1 is 1.22 bits per heavy atom. The molecule has 3 rings (SSSR count). The number of aromatic nitrogens is 1. The van der Waals surface area contributed by atoms with Gasteiger partial charge in [-0.3, -0.25) is 4.79 Å². The number of primary amides is 1. The van der Waals surface area contributed by atoms with Crippen LogP contribution >= 0.6 is 11.3 Å². The molecule has 4 heteroatoms. The van der Waals surface area contributed by atoms with Gasteiger partial charge in [0.05, 0.1) is 5.69 Å². The lowest BCUT2D eigenvalue weighted by Gasteiger charge is -2.14. The Bertz CT molecular complexity index is 506. The van der Waals surface area contributed by atoms with Gasteiger partial charge in [0, 0.05) is 4.88 Å². The summed E-state index contributed by atoms with van der Waals surface area (Å²) < 4.78 is 0. The van der Waals surface area contributed by atoms with Gasteiger partial charge in [-0.1, -0.05) is 27.7 Å². The molecular weight excluding hydrogens is 244 g/mol. The van der Waals surface area contributed by atoms with Gasteiger partial charge in [-0.05, 0) is 30.1 Å². The molecule has 1 aromatic heterocycles. The molecule has 0 saturated heterocycles. The minimum atomic E-state index is -0.574. The number of carbonyl (C=O) groups excluding carboxylic acids is 1. The van der Waals surface area contributed by atoms with Crippen molar-refractivity contribution < 1.29 is 4.79 Å². The molecular formula is C14H20N2OS. The summed E-state index contributed by atoms with van der Waals surface area (Å²) in [5, 5.41) is 0.953. The molecule has 1 fully saturated rings. The van der Waals surface area contributed by atoms with Crippen LogP contribution < -0.4 is 5.73 Å². The van der Waals surface area contributed by atoms with Crippen LogP contribution in [0.15, 0.2) is 0 Å². The first-order chi connectivity index (χ1) is 8.26. The Morgan fingerprint density at radius 2 is 1.83 bits per heavy atom. The molecule has 0 bridgehead atoms. The smallest absolute Gasteiger partial charge is 0.231 e. The van der Waals surface area contributed by atoms with Crippen LogP contribution in [0, 0.1) is 10.8 Å². The van der Waals surface area contributed by atoms with E-state index in [2.05, 4.69) is 27.7 Å². The largest absolute Gasteiger partial charge is 0.369 e. The summed E-state index contributed by atoms with van der Waals surface area (Å²) in [6, 6.07) is 0. The van der Waals surface area contributed by atoms with E-state index in [1.165, 1.54) is 17.0 Å². The second-order valence-electron chi connectivity index (χ2n) is 6.61. The van der Waals surface area contributed by atoms with Crippen molar-refractivity contribution in [3.8, 4) is 0 Å². The number of rotatable bonds is 2.